The summed E-state index contributed by atoms with van der Waals surface area (Å²) in [5, 5.41) is 3.55. The number of nitrogens with one attached hydrogen (secondary N) is 1. The molecule has 0 aromatic carbocycles. The van der Waals surface area contributed by atoms with E-state index in [1.165, 1.54) is 12.8 Å². The molecule has 2 unspecified atom stereocenters. The molecule has 0 spiro atoms. The molecule has 0 heterocycles. The first-order valence-electron chi connectivity index (χ1n) is 5.48. The Hall–Kier alpha value is -0.120. The fourth-order valence-electron chi connectivity index (χ4n) is 1.54. The Morgan fingerprint density at radius 2 is 1.86 bits per heavy atom. The van der Waals surface area contributed by atoms with E-state index in [-0.39, 0.29) is 0 Å². The molecule has 0 aliphatic rings. The molecule has 0 amide bonds. The van der Waals surface area contributed by atoms with Gasteiger partial charge in [-0.15, -0.1) is 0 Å². The molecule has 86 valence electrons. The van der Waals surface area contributed by atoms with Crippen LogP contribution in [0.25, 0.3) is 0 Å². The maximum atomic E-state index is 5.17. The third-order valence-corrected chi connectivity index (χ3v) is 2.28. The summed E-state index contributed by atoms with van der Waals surface area (Å²) in [6.07, 6.45) is 3.42. The van der Waals surface area contributed by atoms with Crippen molar-refractivity contribution in [2.24, 2.45) is 0 Å². The third-order valence-electron chi connectivity index (χ3n) is 2.28. The number of hydrogen-bond acceptors (Lipinski definition) is 3. The Morgan fingerprint density at radius 3 is 2.36 bits per heavy atom. The summed E-state index contributed by atoms with van der Waals surface area (Å²) in [4.78, 5) is 0. The van der Waals surface area contributed by atoms with Gasteiger partial charge >= 0.3 is 0 Å². The van der Waals surface area contributed by atoms with Crippen LogP contribution in [0.4, 0.5) is 0 Å². The maximum absolute atomic E-state index is 5.17. The standard InChI is InChI=1S/C11H25NO2/c1-5-6-11(9-14-4)12-10(2)7-8-13-3/h10-12H,5-9H2,1-4H3. The van der Waals surface area contributed by atoms with Crippen LogP contribution >= 0.6 is 0 Å². The highest BCUT2D eigenvalue weighted by molar-refractivity contribution is 4.70. The van der Waals surface area contributed by atoms with Gasteiger partial charge in [0.1, 0.15) is 0 Å². The van der Waals surface area contributed by atoms with Gasteiger partial charge < -0.3 is 14.8 Å². The lowest BCUT2D eigenvalue weighted by molar-refractivity contribution is 0.146. The van der Waals surface area contributed by atoms with Crippen LogP contribution in [0.2, 0.25) is 0 Å². The molecule has 0 aliphatic carbocycles. The van der Waals surface area contributed by atoms with E-state index in [0.29, 0.717) is 12.1 Å². The zero-order valence-electron chi connectivity index (χ0n) is 10.0. The second-order valence-corrected chi connectivity index (χ2v) is 3.79. The molecule has 1 N–H and O–H groups in total. The minimum absolute atomic E-state index is 0.483. The zero-order chi connectivity index (χ0) is 10.8. The fourth-order valence-corrected chi connectivity index (χ4v) is 1.54. The van der Waals surface area contributed by atoms with E-state index in [4.69, 9.17) is 9.47 Å². The normalized spacial score (nSPS) is 15.4. The second kappa shape index (κ2) is 9.44. The van der Waals surface area contributed by atoms with Crippen molar-refractivity contribution < 1.29 is 9.47 Å². The van der Waals surface area contributed by atoms with E-state index in [2.05, 4.69) is 19.2 Å². The van der Waals surface area contributed by atoms with Crippen LogP contribution in [0, 0.1) is 0 Å². The van der Waals surface area contributed by atoms with Crippen molar-refractivity contribution in [1.29, 1.82) is 0 Å². The highest BCUT2D eigenvalue weighted by Gasteiger charge is 2.10. The van der Waals surface area contributed by atoms with E-state index in [0.717, 1.165) is 19.6 Å². The Labute approximate surface area is 88.2 Å². The lowest BCUT2D eigenvalue weighted by atomic mass is 10.1. The van der Waals surface area contributed by atoms with Gasteiger partial charge in [0.05, 0.1) is 6.61 Å². The summed E-state index contributed by atoms with van der Waals surface area (Å²) in [7, 11) is 3.50. The first-order chi connectivity index (χ1) is 6.74. The Balaban J connectivity index is 3.64. The SMILES string of the molecule is CCCC(COC)NC(C)CCOC. The van der Waals surface area contributed by atoms with Crippen molar-refractivity contribution in [3.63, 3.8) is 0 Å². The summed E-state index contributed by atoms with van der Waals surface area (Å²) in [6.45, 7) is 6.01. The van der Waals surface area contributed by atoms with Gasteiger partial charge in [-0.05, 0) is 19.8 Å². The predicted molar refractivity (Wildman–Crippen MR) is 59.7 cm³/mol. The maximum Gasteiger partial charge on any atom is 0.0615 e. The lowest BCUT2D eigenvalue weighted by Crippen LogP contribution is -2.39. The number of rotatable bonds is 9. The highest BCUT2D eigenvalue weighted by Crippen LogP contribution is 2.01. The summed E-state index contributed by atoms with van der Waals surface area (Å²) in [5.74, 6) is 0. The molecular formula is C11H25NO2. The van der Waals surface area contributed by atoms with Crippen LogP contribution in [-0.2, 0) is 9.47 Å². The molecule has 0 saturated carbocycles. The summed E-state index contributed by atoms with van der Waals surface area (Å²) < 4.78 is 10.2. The smallest absolute Gasteiger partial charge is 0.0615 e. The van der Waals surface area contributed by atoms with Gasteiger partial charge in [-0.25, -0.2) is 0 Å². The molecule has 2 atom stereocenters. The molecule has 0 aromatic heterocycles. The Kier molecular flexibility index (Phi) is 9.35. The predicted octanol–water partition coefficient (Wildman–Crippen LogP) is 1.82. The van der Waals surface area contributed by atoms with Crippen LogP contribution in [-0.4, -0.2) is 39.5 Å². The van der Waals surface area contributed by atoms with E-state index in [9.17, 15) is 0 Å². The molecule has 3 nitrogen and oxygen atoms in total. The minimum Gasteiger partial charge on any atom is -0.385 e. The van der Waals surface area contributed by atoms with Crippen molar-refractivity contribution >= 4 is 0 Å². The second-order valence-electron chi connectivity index (χ2n) is 3.79. The van der Waals surface area contributed by atoms with E-state index >= 15 is 0 Å². The lowest BCUT2D eigenvalue weighted by Gasteiger charge is -2.22. The topological polar surface area (TPSA) is 30.5 Å². The van der Waals surface area contributed by atoms with Gasteiger partial charge in [-0.2, -0.15) is 0 Å². The molecule has 0 aliphatic heterocycles. The fraction of sp³-hybridized carbons (Fsp3) is 1.00. The molecule has 0 bridgehead atoms. The molecule has 14 heavy (non-hydrogen) atoms. The van der Waals surface area contributed by atoms with Crippen molar-refractivity contribution in [1.82, 2.24) is 5.32 Å². The van der Waals surface area contributed by atoms with Gasteiger partial charge in [-0.1, -0.05) is 13.3 Å². The summed E-state index contributed by atoms with van der Waals surface area (Å²) in [6, 6.07) is 0.985. The number of hydrogen-bond donors (Lipinski definition) is 1. The van der Waals surface area contributed by atoms with Gasteiger partial charge in [0.15, 0.2) is 0 Å². The Morgan fingerprint density at radius 1 is 1.14 bits per heavy atom. The van der Waals surface area contributed by atoms with Crippen LogP contribution in [0.3, 0.4) is 0 Å². The van der Waals surface area contributed by atoms with Gasteiger partial charge in [-0.3, -0.25) is 0 Å². The molecular weight excluding hydrogens is 178 g/mol. The first kappa shape index (κ1) is 13.9. The van der Waals surface area contributed by atoms with Crippen LogP contribution in [0.5, 0.6) is 0 Å². The van der Waals surface area contributed by atoms with Crippen LogP contribution in [0.1, 0.15) is 33.1 Å². The molecule has 0 radical (unpaired) electrons. The van der Waals surface area contributed by atoms with E-state index in [1.807, 2.05) is 0 Å². The molecule has 3 heteroatoms. The minimum atomic E-state index is 0.483. The average molecular weight is 203 g/mol. The van der Waals surface area contributed by atoms with Gasteiger partial charge in [0.2, 0.25) is 0 Å². The monoisotopic (exact) mass is 203 g/mol. The quantitative estimate of drug-likeness (QED) is 0.620. The van der Waals surface area contributed by atoms with E-state index in [1.54, 1.807) is 14.2 Å². The Bertz CT molecular complexity index is 114. The van der Waals surface area contributed by atoms with Crippen molar-refractivity contribution in [3.05, 3.63) is 0 Å². The average Bonchev–Trinajstić information content (AvgIpc) is 2.15. The van der Waals surface area contributed by atoms with Crippen LogP contribution < -0.4 is 5.32 Å². The number of ether oxygens (including phenoxy) is 2. The molecule has 0 rings (SSSR count). The first-order valence-corrected chi connectivity index (χ1v) is 5.48. The molecule has 0 fully saturated rings. The molecule has 0 saturated heterocycles. The summed E-state index contributed by atoms with van der Waals surface area (Å²) >= 11 is 0. The van der Waals surface area contributed by atoms with Crippen molar-refractivity contribution in [2.45, 2.75) is 45.2 Å². The molecule has 0 aromatic rings. The van der Waals surface area contributed by atoms with Gasteiger partial charge in [0, 0.05) is 32.9 Å². The number of methoxy groups -OCH3 is 2. The zero-order valence-corrected chi connectivity index (χ0v) is 10.0. The van der Waals surface area contributed by atoms with E-state index < -0.39 is 0 Å². The largest absolute Gasteiger partial charge is 0.385 e. The third kappa shape index (κ3) is 7.30. The van der Waals surface area contributed by atoms with Crippen molar-refractivity contribution in [2.75, 3.05) is 27.4 Å². The summed E-state index contributed by atoms with van der Waals surface area (Å²) in [5.41, 5.74) is 0. The highest BCUT2D eigenvalue weighted by atomic mass is 16.5. The van der Waals surface area contributed by atoms with Crippen LogP contribution in [0.15, 0.2) is 0 Å². The van der Waals surface area contributed by atoms with Gasteiger partial charge in [0.25, 0.3) is 0 Å². The van der Waals surface area contributed by atoms with Crippen molar-refractivity contribution in [3.8, 4) is 0 Å².